The molecule has 0 aliphatic rings. The maximum absolute atomic E-state index is 11.7. The molecule has 0 rings (SSSR count). The third-order valence-corrected chi connectivity index (χ3v) is 4.73. The maximum Gasteiger partial charge on any atom is 0.344 e. The molecule has 0 spiro atoms. The molecule has 0 heterocycles. The van der Waals surface area contributed by atoms with Crippen LogP contribution in [0.5, 0.6) is 0 Å². The van der Waals surface area contributed by atoms with Crippen LogP contribution in [0.4, 0.5) is 0 Å². The molecular formula is C5H13O5P3. The Bertz CT molecular complexity index is 173. The molecule has 0 aliphatic carbocycles. The van der Waals surface area contributed by atoms with Gasteiger partial charge in [0.1, 0.15) is 0 Å². The second kappa shape index (κ2) is 8.02. The molecule has 0 bridgehead atoms. The summed E-state index contributed by atoms with van der Waals surface area (Å²) in [5, 5.41) is 0. The average Bonchev–Trinajstić information content (AvgIpc) is 2.12. The minimum Gasteiger partial charge on any atom is -0.339 e. The predicted octanol–water partition coefficient (Wildman–Crippen LogP) is 2.71. The van der Waals surface area contributed by atoms with Crippen molar-refractivity contribution in [2.75, 3.05) is 20.4 Å². The summed E-state index contributed by atoms with van der Waals surface area (Å²) in [7, 11) is -0.788. The summed E-state index contributed by atoms with van der Waals surface area (Å²) in [4.78, 5) is 0. The molecule has 0 aromatic heterocycles. The lowest BCUT2D eigenvalue weighted by atomic mass is 10.8. The highest BCUT2D eigenvalue weighted by Gasteiger charge is 2.23. The summed E-state index contributed by atoms with van der Waals surface area (Å²) in [5.41, 5.74) is 0. The number of hydrogen-bond acceptors (Lipinski definition) is 5. The van der Waals surface area contributed by atoms with Gasteiger partial charge in [-0.3, -0.25) is 13.2 Å². The first-order chi connectivity index (χ1) is 6.18. The molecule has 13 heavy (non-hydrogen) atoms. The van der Waals surface area contributed by atoms with Crippen molar-refractivity contribution in [1.29, 1.82) is 0 Å². The third-order valence-electron chi connectivity index (χ3n) is 0.872. The van der Waals surface area contributed by atoms with E-state index < -0.39 is 7.60 Å². The lowest BCUT2D eigenvalue weighted by molar-refractivity contribution is 0.356. The van der Waals surface area contributed by atoms with Crippen LogP contribution in [-0.4, -0.2) is 20.4 Å². The zero-order chi connectivity index (χ0) is 10.2. The summed E-state index contributed by atoms with van der Waals surface area (Å²) in [6.07, 6.45) is 1.63. The van der Waals surface area contributed by atoms with E-state index in [0.717, 1.165) is 0 Å². The van der Waals surface area contributed by atoms with Crippen LogP contribution in [0.25, 0.3) is 0 Å². The van der Waals surface area contributed by atoms with Crippen LogP contribution in [0.1, 0.15) is 0 Å². The Balaban J connectivity index is 3.99. The van der Waals surface area contributed by atoms with E-state index in [1.165, 1.54) is 20.3 Å². The van der Waals surface area contributed by atoms with E-state index in [1.807, 2.05) is 0 Å². The van der Waals surface area contributed by atoms with Crippen LogP contribution < -0.4 is 0 Å². The SMILES string of the molecule is C=CCP(=O)(OPOC)OPOC. The van der Waals surface area contributed by atoms with Gasteiger partial charge in [-0.05, 0) is 0 Å². The van der Waals surface area contributed by atoms with Crippen molar-refractivity contribution in [2.24, 2.45) is 0 Å². The topological polar surface area (TPSA) is 54.0 Å². The van der Waals surface area contributed by atoms with Crippen LogP contribution in [0.3, 0.4) is 0 Å². The first-order valence-electron chi connectivity index (χ1n) is 3.31. The Morgan fingerprint density at radius 2 is 1.77 bits per heavy atom. The van der Waals surface area contributed by atoms with Crippen LogP contribution in [0.15, 0.2) is 12.7 Å². The van der Waals surface area contributed by atoms with Crippen molar-refractivity contribution in [3.63, 3.8) is 0 Å². The molecule has 8 heteroatoms. The van der Waals surface area contributed by atoms with Gasteiger partial charge in [-0.15, -0.1) is 6.58 Å². The Morgan fingerprint density at radius 1 is 1.31 bits per heavy atom. The van der Waals surface area contributed by atoms with E-state index in [0.29, 0.717) is 0 Å². The molecule has 0 aliphatic heterocycles. The molecule has 78 valence electrons. The fourth-order valence-electron chi connectivity index (χ4n) is 0.439. The Kier molecular flexibility index (Phi) is 8.43. The second-order valence-electron chi connectivity index (χ2n) is 1.84. The molecule has 2 unspecified atom stereocenters. The van der Waals surface area contributed by atoms with Crippen molar-refractivity contribution in [3.8, 4) is 0 Å². The normalized spacial score (nSPS) is 17.1. The molecule has 5 nitrogen and oxygen atoms in total. The minimum atomic E-state index is -3.10. The first-order valence-corrected chi connectivity index (χ1v) is 6.67. The highest BCUT2D eigenvalue weighted by Crippen LogP contribution is 2.57. The second-order valence-corrected chi connectivity index (χ2v) is 6.04. The van der Waals surface area contributed by atoms with Gasteiger partial charge in [0.2, 0.25) is 0 Å². The van der Waals surface area contributed by atoms with E-state index >= 15 is 0 Å². The van der Waals surface area contributed by atoms with Crippen molar-refractivity contribution in [2.45, 2.75) is 0 Å². The molecule has 0 saturated carbocycles. The van der Waals surface area contributed by atoms with E-state index in [4.69, 9.17) is 8.62 Å². The van der Waals surface area contributed by atoms with E-state index in [2.05, 4.69) is 15.6 Å². The van der Waals surface area contributed by atoms with E-state index in [9.17, 15) is 4.57 Å². The molecule has 0 aromatic rings. The van der Waals surface area contributed by atoms with Gasteiger partial charge in [-0.25, -0.2) is 0 Å². The van der Waals surface area contributed by atoms with Gasteiger partial charge in [0.25, 0.3) is 0 Å². The standard InChI is InChI=1S/C5H13O5P3/c1-4-5-13(6,9-11-7-2)10-12-8-3/h4,11-12H,1,5H2,2-3H3. The van der Waals surface area contributed by atoms with Gasteiger partial charge in [-0.1, -0.05) is 6.08 Å². The van der Waals surface area contributed by atoms with Crippen LogP contribution >= 0.6 is 25.7 Å². The van der Waals surface area contributed by atoms with Gasteiger partial charge in [-0.2, -0.15) is 0 Å². The average molecular weight is 246 g/mol. The summed E-state index contributed by atoms with van der Waals surface area (Å²) < 4.78 is 30.8. The molecule has 0 aromatic carbocycles. The molecular weight excluding hydrogens is 233 g/mol. The number of hydrogen-bond donors (Lipinski definition) is 0. The summed E-state index contributed by atoms with van der Waals surface area (Å²) >= 11 is 0. The van der Waals surface area contributed by atoms with Crippen molar-refractivity contribution >= 4 is 25.7 Å². The van der Waals surface area contributed by atoms with E-state index in [-0.39, 0.29) is 24.2 Å². The lowest BCUT2D eigenvalue weighted by Gasteiger charge is -2.14. The molecule has 0 N–H and O–H groups in total. The van der Waals surface area contributed by atoms with Gasteiger partial charge in [0.15, 0.2) is 18.1 Å². The largest absolute Gasteiger partial charge is 0.344 e. The Hall–Kier alpha value is 0.670. The quantitative estimate of drug-likeness (QED) is 0.486. The Labute approximate surface area is 81.6 Å². The molecule has 0 amide bonds. The fourth-order valence-corrected chi connectivity index (χ4v) is 3.34. The zero-order valence-corrected chi connectivity index (χ0v) is 10.4. The fraction of sp³-hybridized carbons (Fsp3) is 0.600. The maximum atomic E-state index is 11.7. The lowest BCUT2D eigenvalue weighted by Crippen LogP contribution is -1.88. The minimum absolute atomic E-state index is 0.153. The smallest absolute Gasteiger partial charge is 0.339 e. The van der Waals surface area contributed by atoms with Crippen LogP contribution in [-0.2, 0) is 22.2 Å². The predicted molar refractivity (Wildman–Crippen MR) is 55.5 cm³/mol. The van der Waals surface area contributed by atoms with Crippen molar-refractivity contribution in [1.82, 2.24) is 0 Å². The summed E-state index contributed by atoms with van der Waals surface area (Å²) in [6.45, 7) is 3.45. The summed E-state index contributed by atoms with van der Waals surface area (Å²) in [6, 6.07) is 0. The van der Waals surface area contributed by atoms with Crippen molar-refractivity contribution < 1.29 is 22.2 Å². The highest BCUT2D eigenvalue weighted by molar-refractivity contribution is 7.63. The number of rotatable bonds is 8. The third kappa shape index (κ3) is 6.70. The molecule has 0 radical (unpaired) electrons. The van der Waals surface area contributed by atoms with Gasteiger partial charge in [0.05, 0.1) is 6.16 Å². The molecule has 0 fully saturated rings. The first kappa shape index (κ1) is 13.7. The van der Waals surface area contributed by atoms with Crippen molar-refractivity contribution in [3.05, 3.63) is 12.7 Å². The van der Waals surface area contributed by atoms with Gasteiger partial charge < -0.3 is 9.05 Å². The summed E-state index contributed by atoms with van der Waals surface area (Å²) in [5.74, 6) is 0. The van der Waals surface area contributed by atoms with Crippen LogP contribution in [0, 0.1) is 0 Å². The molecule has 0 saturated heterocycles. The molecule has 2 atom stereocenters. The van der Waals surface area contributed by atoms with Gasteiger partial charge >= 0.3 is 7.60 Å². The number of allylic oxidation sites excluding steroid dienone is 1. The monoisotopic (exact) mass is 246 g/mol. The Morgan fingerprint density at radius 3 is 2.08 bits per heavy atom. The van der Waals surface area contributed by atoms with Gasteiger partial charge in [0, 0.05) is 14.2 Å². The van der Waals surface area contributed by atoms with E-state index in [1.54, 1.807) is 0 Å². The van der Waals surface area contributed by atoms with Crippen LogP contribution in [0.2, 0.25) is 0 Å². The zero-order valence-electron chi connectivity index (χ0n) is 7.48. The highest BCUT2D eigenvalue weighted by atomic mass is 31.3.